The zero-order valence-electron chi connectivity index (χ0n) is 9.54. The van der Waals surface area contributed by atoms with Gasteiger partial charge in [-0.3, -0.25) is 0 Å². The van der Waals surface area contributed by atoms with Crippen LogP contribution in [0.15, 0.2) is 12.7 Å². The molecule has 0 bridgehead atoms. The number of alkyl halides is 3. The lowest BCUT2D eigenvalue weighted by Gasteiger charge is -2.25. The number of ether oxygens (including phenoxy) is 2. The standard InChI is InChI=1S/C10H17F3O3/c1-5-7(10(11,12)13)15-6-8(14)16-9(2,3)4/h5,7-8,14H,1,6H2,2-4H3/t7-,8?/m0/s1. The van der Waals surface area contributed by atoms with E-state index in [0.717, 1.165) is 0 Å². The number of hydrogen-bond acceptors (Lipinski definition) is 3. The van der Waals surface area contributed by atoms with E-state index in [1.54, 1.807) is 20.8 Å². The van der Waals surface area contributed by atoms with Crippen molar-refractivity contribution in [2.24, 2.45) is 0 Å². The molecule has 1 unspecified atom stereocenters. The van der Waals surface area contributed by atoms with E-state index in [9.17, 15) is 18.3 Å². The van der Waals surface area contributed by atoms with Crippen LogP contribution in [0.4, 0.5) is 13.2 Å². The molecule has 0 saturated carbocycles. The van der Waals surface area contributed by atoms with Gasteiger partial charge in [0.15, 0.2) is 12.4 Å². The summed E-state index contributed by atoms with van der Waals surface area (Å²) in [6.07, 6.45) is -7.39. The van der Waals surface area contributed by atoms with Crippen LogP contribution in [-0.4, -0.2) is 35.9 Å². The van der Waals surface area contributed by atoms with Gasteiger partial charge in [-0.05, 0) is 20.8 Å². The van der Waals surface area contributed by atoms with Crippen molar-refractivity contribution in [2.45, 2.75) is 44.9 Å². The first-order valence-corrected chi connectivity index (χ1v) is 4.73. The monoisotopic (exact) mass is 242 g/mol. The zero-order chi connectivity index (χ0) is 13.0. The molecule has 0 aromatic rings. The van der Waals surface area contributed by atoms with Gasteiger partial charge in [-0.25, -0.2) is 0 Å². The maximum atomic E-state index is 12.2. The van der Waals surface area contributed by atoms with Crippen LogP contribution in [0.25, 0.3) is 0 Å². The first-order chi connectivity index (χ1) is 7.06. The molecule has 0 aromatic carbocycles. The van der Waals surface area contributed by atoms with Crippen LogP contribution < -0.4 is 0 Å². The molecule has 16 heavy (non-hydrogen) atoms. The Labute approximate surface area is 92.9 Å². The smallest absolute Gasteiger partial charge is 0.366 e. The van der Waals surface area contributed by atoms with Gasteiger partial charge in [0.2, 0.25) is 0 Å². The molecule has 6 heteroatoms. The minimum atomic E-state index is -4.52. The summed E-state index contributed by atoms with van der Waals surface area (Å²) >= 11 is 0. The van der Waals surface area contributed by atoms with Crippen molar-refractivity contribution in [1.29, 1.82) is 0 Å². The average Bonchev–Trinajstić information content (AvgIpc) is 1.98. The van der Waals surface area contributed by atoms with E-state index in [0.29, 0.717) is 6.08 Å². The van der Waals surface area contributed by atoms with Crippen LogP contribution in [0.1, 0.15) is 20.8 Å². The van der Waals surface area contributed by atoms with Crippen LogP contribution in [0.5, 0.6) is 0 Å². The summed E-state index contributed by atoms with van der Waals surface area (Å²) < 4.78 is 46.0. The van der Waals surface area contributed by atoms with Gasteiger partial charge in [0.1, 0.15) is 0 Å². The molecule has 0 aromatic heterocycles. The van der Waals surface area contributed by atoms with Crippen LogP contribution in [-0.2, 0) is 9.47 Å². The average molecular weight is 242 g/mol. The fourth-order valence-corrected chi connectivity index (χ4v) is 0.924. The van der Waals surface area contributed by atoms with Gasteiger partial charge in [0.05, 0.1) is 12.2 Å². The Hall–Kier alpha value is -0.590. The molecule has 1 N–H and O–H groups in total. The normalized spacial score (nSPS) is 16.9. The number of rotatable bonds is 5. The van der Waals surface area contributed by atoms with E-state index in [-0.39, 0.29) is 0 Å². The fraction of sp³-hybridized carbons (Fsp3) is 0.800. The molecule has 0 aliphatic carbocycles. The largest absolute Gasteiger partial charge is 0.418 e. The van der Waals surface area contributed by atoms with Crippen molar-refractivity contribution in [1.82, 2.24) is 0 Å². The minimum absolute atomic E-state index is 0.562. The first kappa shape index (κ1) is 15.4. The molecule has 0 aliphatic heterocycles. The molecule has 0 spiro atoms. The number of aliphatic hydroxyl groups is 1. The summed E-state index contributed by atoms with van der Waals surface area (Å²) in [5, 5.41) is 9.25. The quantitative estimate of drug-likeness (QED) is 0.593. The maximum absolute atomic E-state index is 12.2. The van der Waals surface area contributed by atoms with E-state index in [4.69, 9.17) is 4.74 Å². The first-order valence-electron chi connectivity index (χ1n) is 4.73. The molecule has 0 saturated heterocycles. The molecule has 0 rings (SSSR count). The van der Waals surface area contributed by atoms with Crippen LogP contribution in [0.3, 0.4) is 0 Å². The van der Waals surface area contributed by atoms with E-state index >= 15 is 0 Å². The summed E-state index contributed by atoms with van der Waals surface area (Å²) in [7, 11) is 0. The van der Waals surface area contributed by atoms with E-state index in [1.165, 1.54) is 0 Å². The third-order valence-corrected chi connectivity index (χ3v) is 1.44. The Morgan fingerprint density at radius 3 is 2.12 bits per heavy atom. The summed E-state index contributed by atoms with van der Waals surface area (Å²) in [4.78, 5) is 0. The van der Waals surface area contributed by atoms with Gasteiger partial charge in [-0.1, -0.05) is 6.08 Å². The molecule has 0 amide bonds. The maximum Gasteiger partial charge on any atom is 0.418 e. The van der Waals surface area contributed by atoms with Crippen LogP contribution in [0, 0.1) is 0 Å². The number of hydrogen-bond donors (Lipinski definition) is 1. The Morgan fingerprint density at radius 1 is 1.31 bits per heavy atom. The molecule has 0 heterocycles. The van der Waals surface area contributed by atoms with Crippen molar-refractivity contribution in [3.63, 3.8) is 0 Å². The van der Waals surface area contributed by atoms with Gasteiger partial charge in [0.25, 0.3) is 0 Å². The van der Waals surface area contributed by atoms with Gasteiger partial charge >= 0.3 is 6.18 Å². The summed E-state index contributed by atoms with van der Waals surface area (Å²) in [5.74, 6) is 0. The lowest BCUT2D eigenvalue weighted by molar-refractivity contribution is -0.239. The molecule has 0 fully saturated rings. The van der Waals surface area contributed by atoms with Gasteiger partial charge in [-0.15, -0.1) is 6.58 Å². The van der Waals surface area contributed by atoms with Gasteiger partial charge < -0.3 is 14.6 Å². The Kier molecular flexibility index (Phi) is 5.44. The predicted molar refractivity (Wildman–Crippen MR) is 52.8 cm³/mol. The van der Waals surface area contributed by atoms with E-state index in [2.05, 4.69) is 11.3 Å². The molecular weight excluding hydrogens is 225 g/mol. The second-order valence-corrected chi connectivity index (χ2v) is 4.22. The van der Waals surface area contributed by atoms with Gasteiger partial charge in [-0.2, -0.15) is 13.2 Å². The topological polar surface area (TPSA) is 38.7 Å². The molecule has 3 nitrogen and oxygen atoms in total. The van der Waals surface area contributed by atoms with Gasteiger partial charge in [0, 0.05) is 0 Å². The third-order valence-electron chi connectivity index (χ3n) is 1.44. The second kappa shape index (κ2) is 5.65. The van der Waals surface area contributed by atoms with Crippen molar-refractivity contribution >= 4 is 0 Å². The lowest BCUT2D eigenvalue weighted by atomic mass is 10.2. The van der Waals surface area contributed by atoms with Crippen molar-refractivity contribution in [3.05, 3.63) is 12.7 Å². The summed E-state index contributed by atoms with van der Waals surface area (Å²) in [5.41, 5.74) is -0.648. The molecule has 0 aliphatic rings. The molecule has 0 radical (unpaired) electrons. The Morgan fingerprint density at radius 2 is 1.81 bits per heavy atom. The van der Waals surface area contributed by atoms with Crippen LogP contribution >= 0.6 is 0 Å². The van der Waals surface area contributed by atoms with Crippen molar-refractivity contribution in [2.75, 3.05) is 6.61 Å². The number of aliphatic hydroxyl groups excluding tert-OH is 1. The number of halogens is 3. The highest BCUT2D eigenvalue weighted by Crippen LogP contribution is 2.23. The van der Waals surface area contributed by atoms with E-state index < -0.39 is 30.8 Å². The Bertz CT molecular complexity index is 220. The summed E-state index contributed by atoms with van der Waals surface area (Å²) in [6, 6.07) is 0. The highest BCUT2D eigenvalue weighted by molar-refractivity contribution is 4.86. The highest BCUT2D eigenvalue weighted by atomic mass is 19.4. The lowest BCUT2D eigenvalue weighted by Crippen LogP contribution is -2.35. The molecule has 2 atom stereocenters. The minimum Gasteiger partial charge on any atom is -0.366 e. The third kappa shape index (κ3) is 6.81. The Balaban J connectivity index is 4.08. The van der Waals surface area contributed by atoms with E-state index in [1.807, 2.05) is 0 Å². The zero-order valence-corrected chi connectivity index (χ0v) is 9.54. The highest BCUT2D eigenvalue weighted by Gasteiger charge is 2.38. The SMILES string of the molecule is C=C[C@H](OCC(O)OC(C)(C)C)C(F)(F)F. The van der Waals surface area contributed by atoms with Crippen molar-refractivity contribution < 1.29 is 27.8 Å². The van der Waals surface area contributed by atoms with Crippen molar-refractivity contribution in [3.8, 4) is 0 Å². The van der Waals surface area contributed by atoms with Crippen LogP contribution in [0.2, 0.25) is 0 Å². The molecule has 96 valence electrons. The summed E-state index contributed by atoms with van der Waals surface area (Å²) in [6.45, 7) is 7.47. The predicted octanol–water partition coefficient (Wildman–Crippen LogP) is 2.25. The fourth-order valence-electron chi connectivity index (χ4n) is 0.924. The molecular formula is C10H17F3O3. The second-order valence-electron chi connectivity index (χ2n) is 4.22.